The molecule has 1 aliphatic rings. The highest BCUT2D eigenvalue weighted by molar-refractivity contribution is 5.77. The van der Waals surface area contributed by atoms with E-state index < -0.39 is 0 Å². The van der Waals surface area contributed by atoms with E-state index in [1.54, 1.807) is 6.33 Å². The highest BCUT2D eigenvalue weighted by Crippen LogP contribution is 2.21. The largest absolute Gasteiger partial charge is 0.338 e. The van der Waals surface area contributed by atoms with E-state index >= 15 is 0 Å². The number of likely N-dealkylation sites (tertiary alicyclic amines) is 1. The number of aryl methyl sites for hydroxylation is 2. The van der Waals surface area contributed by atoms with Crippen molar-refractivity contribution < 1.29 is 4.79 Å². The van der Waals surface area contributed by atoms with E-state index in [1.807, 2.05) is 40.9 Å². The Hall–Kier alpha value is -2.36. The van der Waals surface area contributed by atoms with Gasteiger partial charge in [-0.15, -0.1) is 0 Å². The zero-order valence-electron chi connectivity index (χ0n) is 13.6. The van der Waals surface area contributed by atoms with Crippen molar-refractivity contribution in [3.63, 3.8) is 0 Å². The average molecular weight is 309 g/mol. The first-order chi connectivity index (χ1) is 11.2. The molecule has 2 heterocycles. The fraction of sp³-hybridized carbons (Fsp3) is 0.368. The molecule has 0 N–H and O–H groups in total. The Morgan fingerprint density at radius 2 is 2.17 bits per heavy atom. The normalized spacial score (nSPS) is 18.0. The van der Waals surface area contributed by atoms with Gasteiger partial charge in [-0.2, -0.15) is 0 Å². The predicted octanol–water partition coefficient (Wildman–Crippen LogP) is 3.06. The summed E-state index contributed by atoms with van der Waals surface area (Å²) in [4.78, 5) is 18.7. The van der Waals surface area contributed by atoms with Crippen molar-refractivity contribution in [2.24, 2.45) is 7.05 Å². The lowest BCUT2D eigenvalue weighted by atomic mass is 10.1. The summed E-state index contributed by atoms with van der Waals surface area (Å²) < 4.78 is 1.98. The second-order valence-corrected chi connectivity index (χ2v) is 6.06. The van der Waals surface area contributed by atoms with Gasteiger partial charge in [0.15, 0.2) is 0 Å². The zero-order chi connectivity index (χ0) is 16.1. The van der Waals surface area contributed by atoms with Gasteiger partial charge in [0.1, 0.15) is 0 Å². The minimum atomic E-state index is 0.231. The summed E-state index contributed by atoms with van der Waals surface area (Å²) in [5, 5.41) is 0. The van der Waals surface area contributed by atoms with Crippen LogP contribution in [0.25, 0.3) is 6.08 Å². The summed E-state index contributed by atoms with van der Waals surface area (Å²) in [6.07, 6.45) is 11.4. The Kier molecular flexibility index (Phi) is 4.91. The highest BCUT2D eigenvalue weighted by atomic mass is 16.2. The Morgan fingerprint density at radius 3 is 2.91 bits per heavy atom. The van der Waals surface area contributed by atoms with Crippen molar-refractivity contribution in [1.82, 2.24) is 14.5 Å². The van der Waals surface area contributed by atoms with E-state index in [0.717, 1.165) is 31.5 Å². The molecule has 120 valence electrons. The van der Waals surface area contributed by atoms with Crippen molar-refractivity contribution >= 4 is 12.0 Å². The molecular weight excluding hydrogens is 286 g/mol. The van der Waals surface area contributed by atoms with Gasteiger partial charge in [0.05, 0.1) is 12.4 Å². The van der Waals surface area contributed by atoms with Gasteiger partial charge in [0, 0.05) is 31.9 Å². The zero-order valence-corrected chi connectivity index (χ0v) is 13.6. The SMILES string of the molecule is Cn1cncc1CCC(=O)N1CCCC1C=Cc1ccccc1. The van der Waals surface area contributed by atoms with Gasteiger partial charge in [0.25, 0.3) is 0 Å². The van der Waals surface area contributed by atoms with Gasteiger partial charge in [-0.3, -0.25) is 4.79 Å². The van der Waals surface area contributed by atoms with Gasteiger partial charge in [0.2, 0.25) is 5.91 Å². The molecule has 2 aromatic rings. The first-order valence-corrected chi connectivity index (χ1v) is 8.22. The summed E-state index contributed by atoms with van der Waals surface area (Å²) in [5.74, 6) is 0.242. The number of benzene rings is 1. The van der Waals surface area contributed by atoms with Crippen LogP contribution in [0.3, 0.4) is 0 Å². The van der Waals surface area contributed by atoms with Gasteiger partial charge < -0.3 is 9.47 Å². The molecule has 3 rings (SSSR count). The maximum absolute atomic E-state index is 12.5. The Bertz CT molecular complexity index is 675. The summed E-state index contributed by atoms with van der Waals surface area (Å²) in [6.45, 7) is 0.869. The highest BCUT2D eigenvalue weighted by Gasteiger charge is 2.26. The number of carbonyl (C=O) groups excluding carboxylic acids is 1. The lowest BCUT2D eigenvalue weighted by Crippen LogP contribution is -2.34. The molecule has 1 saturated heterocycles. The quantitative estimate of drug-likeness (QED) is 0.851. The third kappa shape index (κ3) is 3.89. The third-order valence-electron chi connectivity index (χ3n) is 4.44. The first kappa shape index (κ1) is 15.5. The molecule has 1 aromatic heterocycles. The minimum Gasteiger partial charge on any atom is -0.338 e. The van der Waals surface area contributed by atoms with Crippen LogP contribution in [0.15, 0.2) is 48.9 Å². The summed E-state index contributed by atoms with van der Waals surface area (Å²) in [7, 11) is 1.97. The van der Waals surface area contributed by atoms with Crippen LogP contribution >= 0.6 is 0 Å². The molecule has 0 bridgehead atoms. The molecule has 0 aliphatic carbocycles. The third-order valence-corrected chi connectivity index (χ3v) is 4.44. The predicted molar refractivity (Wildman–Crippen MR) is 91.7 cm³/mol. The molecule has 0 radical (unpaired) electrons. The van der Waals surface area contributed by atoms with Crippen LogP contribution < -0.4 is 0 Å². The van der Waals surface area contributed by atoms with E-state index in [0.29, 0.717) is 6.42 Å². The molecule has 0 saturated carbocycles. The molecule has 0 spiro atoms. The number of imidazole rings is 1. The Morgan fingerprint density at radius 1 is 1.35 bits per heavy atom. The lowest BCUT2D eigenvalue weighted by Gasteiger charge is -2.22. The molecule has 1 amide bonds. The summed E-state index contributed by atoms with van der Waals surface area (Å²) in [5.41, 5.74) is 2.29. The topological polar surface area (TPSA) is 38.1 Å². The maximum Gasteiger partial charge on any atom is 0.223 e. The molecule has 1 unspecified atom stereocenters. The number of hydrogen-bond acceptors (Lipinski definition) is 2. The van der Waals surface area contributed by atoms with Crippen molar-refractivity contribution in [1.29, 1.82) is 0 Å². The number of rotatable bonds is 5. The summed E-state index contributed by atoms with van der Waals surface area (Å²) >= 11 is 0. The van der Waals surface area contributed by atoms with Crippen molar-refractivity contribution in [2.75, 3.05) is 6.54 Å². The molecule has 4 nitrogen and oxygen atoms in total. The van der Waals surface area contributed by atoms with E-state index in [1.165, 1.54) is 5.56 Å². The fourth-order valence-corrected chi connectivity index (χ4v) is 3.09. The van der Waals surface area contributed by atoms with Crippen LogP contribution in [0, 0.1) is 0 Å². The smallest absolute Gasteiger partial charge is 0.223 e. The van der Waals surface area contributed by atoms with E-state index in [2.05, 4.69) is 29.3 Å². The molecule has 1 fully saturated rings. The van der Waals surface area contributed by atoms with Crippen molar-refractivity contribution in [3.8, 4) is 0 Å². The van der Waals surface area contributed by atoms with Crippen LogP contribution in [0.2, 0.25) is 0 Å². The van der Waals surface area contributed by atoms with Gasteiger partial charge in [-0.25, -0.2) is 4.98 Å². The molecule has 4 heteroatoms. The average Bonchev–Trinajstić information content (AvgIpc) is 3.20. The first-order valence-electron chi connectivity index (χ1n) is 8.22. The number of hydrogen-bond donors (Lipinski definition) is 0. The molecule has 23 heavy (non-hydrogen) atoms. The van der Waals surface area contributed by atoms with Crippen molar-refractivity contribution in [2.45, 2.75) is 31.7 Å². The van der Waals surface area contributed by atoms with E-state index in [9.17, 15) is 4.79 Å². The number of amides is 1. The van der Waals surface area contributed by atoms with Gasteiger partial charge in [-0.1, -0.05) is 42.5 Å². The lowest BCUT2D eigenvalue weighted by molar-refractivity contribution is -0.131. The second kappa shape index (κ2) is 7.27. The monoisotopic (exact) mass is 309 g/mol. The van der Waals surface area contributed by atoms with Crippen LogP contribution in [0.4, 0.5) is 0 Å². The fourth-order valence-electron chi connectivity index (χ4n) is 3.09. The number of nitrogens with zero attached hydrogens (tertiary/aromatic N) is 3. The maximum atomic E-state index is 12.5. The van der Waals surface area contributed by atoms with Crippen LogP contribution in [-0.4, -0.2) is 32.9 Å². The van der Waals surface area contributed by atoms with Gasteiger partial charge in [-0.05, 0) is 24.8 Å². The Labute approximate surface area is 137 Å². The van der Waals surface area contributed by atoms with Crippen LogP contribution in [0.1, 0.15) is 30.5 Å². The molecule has 1 aromatic carbocycles. The molecule has 1 atom stereocenters. The minimum absolute atomic E-state index is 0.231. The number of carbonyl (C=O) groups is 1. The van der Waals surface area contributed by atoms with E-state index in [4.69, 9.17) is 0 Å². The Balaban J connectivity index is 1.58. The van der Waals surface area contributed by atoms with Crippen LogP contribution in [0.5, 0.6) is 0 Å². The molecule has 1 aliphatic heterocycles. The summed E-state index contributed by atoms with van der Waals surface area (Å²) in [6, 6.07) is 10.5. The molecular formula is C19H23N3O. The van der Waals surface area contributed by atoms with E-state index in [-0.39, 0.29) is 11.9 Å². The standard InChI is InChI=1S/C19H23N3O/c1-21-15-20-14-18(21)11-12-19(23)22-13-5-8-17(22)10-9-16-6-3-2-4-7-16/h2-4,6-7,9-10,14-15,17H,5,8,11-13H2,1H3. The second-order valence-electron chi connectivity index (χ2n) is 6.06. The van der Waals surface area contributed by atoms with Crippen molar-refractivity contribution in [3.05, 3.63) is 60.2 Å². The van der Waals surface area contributed by atoms with Gasteiger partial charge >= 0.3 is 0 Å². The van der Waals surface area contributed by atoms with Crippen LogP contribution in [-0.2, 0) is 18.3 Å². The number of aromatic nitrogens is 2.